The molecule has 5 heteroatoms. The Kier molecular flexibility index (Phi) is 4.58. The molecule has 92 valence electrons. The quantitative estimate of drug-likeness (QED) is 0.794. The lowest BCUT2D eigenvalue weighted by atomic mass is 10.1. The molecule has 0 aromatic carbocycles. The van der Waals surface area contributed by atoms with Gasteiger partial charge in [-0.3, -0.25) is 4.79 Å². The Morgan fingerprint density at radius 3 is 2.75 bits per heavy atom. The van der Waals surface area contributed by atoms with Crippen molar-refractivity contribution in [2.24, 2.45) is 11.8 Å². The minimum atomic E-state index is -0.803. The first-order valence-electron chi connectivity index (χ1n) is 5.62. The molecule has 0 spiro atoms. The normalized spacial score (nSPS) is 20.2. The molecule has 5 nitrogen and oxygen atoms in total. The highest BCUT2D eigenvalue weighted by Crippen LogP contribution is 2.20. The molecule has 0 bridgehead atoms. The lowest BCUT2D eigenvalue weighted by Crippen LogP contribution is -2.30. The summed E-state index contributed by atoms with van der Waals surface area (Å²) in [5.74, 6) is -0.409. The van der Waals surface area contributed by atoms with Crippen LogP contribution in [-0.2, 0) is 9.53 Å². The first-order valence-corrected chi connectivity index (χ1v) is 5.62. The number of carbonyl (C=O) groups is 2. The van der Waals surface area contributed by atoms with E-state index in [4.69, 9.17) is 9.84 Å². The molecule has 1 amide bonds. The van der Waals surface area contributed by atoms with Crippen LogP contribution < -0.4 is 0 Å². The van der Waals surface area contributed by atoms with Crippen molar-refractivity contribution in [3.8, 4) is 0 Å². The van der Waals surface area contributed by atoms with Gasteiger partial charge in [-0.1, -0.05) is 13.8 Å². The second-order valence-electron chi connectivity index (χ2n) is 4.67. The van der Waals surface area contributed by atoms with E-state index >= 15 is 0 Å². The Hall–Kier alpha value is -1.26. The molecule has 1 unspecified atom stereocenters. The highest BCUT2D eigenvalue weighted by molar-refractivity contribution is 5.69. The molecule has 0 saturated carbocycles. The fourth-order valence-electron chi connectivity index (χ4n) is 1.74. The lowest BCUT2D eigenvalue weighted by molar-refractivity contribution is -0.138. The van der Waals surface area contributed by atoms with Gasteiger partial charge < -0.3 is 14.7 Å². The Balaban J connectivity index is 2.29. The minimum absolute atomic E-state index is 0.0732. The average molecular weight is 229 g/mol. The van der Waals surface area contributed by atoms with E-state index in [1.54, 1.807) is 4.90 Å². The highest BCUT2D eigenvalue weighted by atomic mass is 16.6. The molecule has 0 aliphatic carbocycles. The highest BCUT2D eigenvalue weighted by Gasteiger charge is 2.28. The molecule has 0 radical (unpaired) electrons. The van der Waals surface area contributed by atoms with Crippen LogP contribution >= 0.6 is 0 Å². The van der Waals surface area contributed by atoms with Crippen molar-refractivity contribution in [2.45, 2.75) is 26.7 Å². The summed E-state index contributed by atoms with van der Waals surface area (Å²) in [6, 6.07) is 0. The number of rotatable bonds is 4. The summed E-state index contributed by atoms with van der Waals surface area (Å²) in [5.41, 5.74) is 0. The van der Waals surface area contributed by atoms with Crippen molar-refractivity contribution in [1.82, 2.24) is 4.90 Å². The fraction of sp³-hybridized carbons (Fsp3) is 0.818. The summed E-state index contributed by atoms with van der Waals surface area (Å²) in [7, 11) is 0. The molecule has 1 rings (SSSR count). The molecular formula is C11H19NO4. The first-order chi connectivity index (χ1) is 7.49. The average Bonchev–Trinajstić information content (AvgIpc) is 2.61. The molecule has 1 heterocycles. The van der Waals surface area contributed by atoms with Crippen LogP contribution in [0, 0.1) is 11.8 Å². The zero-order valence-electron chi connectivity index (χ0n) is 9.81. The molecule has 1 saturated heterocycles. The van der Waals surface area contributed by atoms with Crippen LogP contribution in [0.5, 0.6) is 0 Å². The van der Waals surface area contributed by atoms with Crippen LogP contribution in [0.4, 0.5) is 4.79 Å². The van der Waals surface area contributed by atoms with Crippen LogP contribution in [0.25, 0.3) is 0 Å². The topological polar surface area (TPSA) is 66.8 Å². The summed E-state index contributed by atoms with van der Waals surface area (Å²) in [6.45, 7) is 5.48. The van der Waals surface area contributed by atoms with Crippen molar-refractivity contribution in [3.05, 3.63) is 0 Å². The summed E-state index contributed by atoms with van der Waals surface area (Å²) < 4.78 is 5.08. The summed E-state index contributed by atoms with van der Waals surface area (Å²) in [5, 5.41) is 8.64. The third-order valence-corrected chi connectivity index (χ3v) is 2.55. The van der Waals surface area contributed by atoms with Gasteiger partial charge in [-0.25, -0.2) is 4.79 Å². The summed E-state index contributed by atoms with van der Waals surface area (Å²) >= 11 is 0. The predicted octanol–water partition coefficient (Wildman–Crippen LogP) is 1.58. The number of likely N-dealkylation sites (tertiary alicyclic amines) is 1. The number of carboxylic acids is 1. The maximum atomic E-state index is 11.5. The molecule has 1 aliphatic rings. The number of amides is 1. The van der Waals surface area contributed by atoms with Crippen molar-refractivity contribution in [2.75, 3.05) is 19.7 Å². The van der Waals surface area contributed by atoms with Gasteiger partial charge in [0.2, 0.25) is 0 Å². The molecular weight excluding hydrogens is 210 g/mol. The van der Waals surface area contributed by atoms with Gasteiger partial charge in [-0.05, 0) is 18.3 Å². The van der Waals surface area contributed by atoms with Gasteiger partial charge in [0.1, 0.15) is 0 Å². The second kappa shape index (κ2) is 5.72. The Morgan fingerprint density at radius 1 is 1.50 bits per heavy atom. The maximum absolute atomic E-state index is 11.5. The van der Waals surface area contributed by atoms with E-state index in [2.05, 4.69) is 0 Å². The lowest BCUT2D eigenvalue weighted by Gasteiger charge is -2.16. The van der Waals surface area contributed by atoms with E-state index in [1.807, 2.05) is 13.8 Å². The molecule has 16 heavy (non-hydrogen) atoms. The third kappa shape index (κ3) is 4.08. The Bertz CT molecular complexity index is 265. The number of aliphatic carboxylic acids is 1. The van der Waals surface area contributed by atoms with E-state index in [0.717, 1.165) is 6.42 Å². The maximum Gasteiger partial charge on any atom is 0.409 e. The predicted molar refractivity (Wildman–Crippen MR) is 58.1 cm³/mol. The van der Waals surface area contributed by atoms with Gasteiger partial charge in [0, 0.05) is 19.5 Å². The standard InChI is InChI=1S/C11H19NO4/c1-8(2)7-16-11(15)12-4-3-9(6-12)5-10(13)14/h8-9H,3-7H2,1-2H3,(H,13,14). The van der Waals surface area contributed by atoms with Gasteiger partial charge in [-0.15, -0.1) is 0 Å². The monoisotopic (exact) mass is 229 g/mol. The third-order valence-electron chi connectivity index (χ3n) is 2.55. The molecule has 0 aromatic heterocycles. The number of hydrogen-bond acceptors (Lipinski definition) is 3. The number of carboxylic acid groups (broad SMARTS) is 1. The first kappa shape index (κ1) is 12.8. The van der Waals surface area contributed by atoms with E-state index in [1.165, 1.54) is 0 Å². The fourth-order valence-corrected chi connectivity index (χ4v) is 1.74. The number of ether oxygens (including phenoxy) is 1. The van der Waals surface area contributed by atoms with Gasteiger partial charge in [0.05, 0.1) is 6.61 Å². The van der Waals surface area contributed by atoms with Crippen LogP contribution in [-0.4, -0.2) is 41.8 Å². The largest absolute Gasteiger partial charge is 0.481 e. The smallest absolute Gasteiger partial charge is 0.409 e. The van der Waals surface area contributed by atoms with Crippen molar-refractivity contribution < 1.29 is 19.4 Å². The van der Waals surface area contributed by atoms with E-state index in [0.29, 0.717) is 25.6 Å². The number of carbonyl (C=O) groups excluding carboxylic acids is 1. The van der Waals surface area contributed by atoms with Crippen LogP contribution in [0.15, 0.2) is 0 Å². The van der Waals surface area contributed by atoms with Crippen molar-refractivity contribution in [1.29, 1.82) is 0 Å². The second-order valence-corrected chi connectivity index (χ2v) is 4.67. The Labute approximate surface area is 95.4 Å². The zero-order valence-corrected chi connectivity index (χ0v) is 9.81. The van der Waals surface area contributed by atoms with E-state index in [9.17, 15) is 9.59 Å². The van der Waals surface area contributed by atoms with Crippen molar-refractivity contribution >= 4 is 12.1 Å². The van der Waals surface area contributed by atoms with Gasteiger partial charge in [0.25, 0.3) is 0 Å². The van der Waals surface area contributed by atoms with Crippen LogP contribution in [0.2, 0.25) is 0 Å². The van der Waals surface area contributed by atoms with Crippen LogP contribution in [0.3, 0.4) is 0 Å². The molecule has 1 aliphatic heterocycles. The summed E-state index contributed by atoms with van der Waals surface area (Å²) in [4.78, 5) is 23.6. The van der Waals surface area contributed by atoms with E-state index < -0.39 is 5.97 Å². The van der Waals surface area contributed by atoms with Crippen molar-refractivity contribution in [3.63, 3.8) is 0 Å². The van der Waals surface area contributed by atoms with Gasteiger partial charge >= 0.3 is 12.1 Å². The molecule has 1 N–H and O–H groups in total. The van der Waals surface area contributed by atoms with Gasteiger partial charge in [0.15, 0.2) is 0 Å². The van der Waals surface area contributed by atoms with Crippen LogP contribution in [0.1, 0.15) is 26.7 Å². The number of hydrogen-bond donors (Lipinski definition) is 1. The molecule has 0 aromatic rings. The zero-order chi connectivity index (χ0) is 12.1. The Morgan fingerprint density at radius 2 is 2.19 bits per heavy atom. The SMILES string of the molecule is CC(C)COC(=O)N1CCC(CC(=O)O)C1. The summed E-state index contributed by atoms with van der Waals surface area (Å²) in [6.07, 6.45) is 0.568. The number of nitrogens with zero attached hydrogens (tertiary/aromatic N) is 1. The minimum Gasteiger partial charge on any atom is -0.481 e. The van der Waals surface area contributed by atoms with Gasteiger partial charge in [-0.2, -0.15) is 0 Å². The molecule has 1 atom stereocenters. The van der Waals surface area contributed by atoms with E-state index in [-0.39, 0.29) is 18.4 Å². The molecule has 1 fully saturated rings.